The third kappa shape index (κ3) is 3.80. The molecular formula is C13H15FN2O5S. The highest BCUT2D eigenvalue weighted by atomic mass is 32.2. The first-order valence-corrected chi connectivity index (χ1v) is 8.10. The summed E-state index contributed by atoms with van der Waals surface area (Å²) in [4.78, 5) is 23.8. The average molecular weight is 330 g/mol. The van der Waals surface area contributed by atoms with Gasteiger partial charge in [-0.2, -0.15) is 0 Å². The van der Waals surface area contributed by atoms with E-state index in [4.69, 9.17) is 0 Å². The SMILES string of the molecule is COCCS(=O)(=O)NC(=O)[C@H]1CC(=O)Nc2cc(F)ccc21. The minimum atomic E-state index is -3.85. The van der Waals surface area contributed by atoms with Crippen molar-refractivity contribution in [1.29, 1.82) is 0 Å². The number of fused-ring (bicyclic) bond motifs is 1. The summed E-state index contributed by atoms with van der Waals surface area (Å²) in [6.07, 6.45) is -0.204. The minimum Gasteiger partial charge on any atom is -0.384 e. The lowest BCUT2D eigenvalue weighted by Crippen LogP contribution is -2.39. The molecule has 9 heteroatoms. The summed E-state index contributed by atoms with van der Waals surface area (Å²) in [5.41, 5.74) is 0.547. The summed E-state index contributed by atoms with van der Waals surface area (Å²) in [6.45, 7) is -0.0600. The van der Waals surface area contributed by atoms with E-state index in [9.17, 15) is 22.4 Å². The van der Waals surface area contributed by atoms with Gasteiger partial charge in [-0.25, -0.2) is 12.8 Å². The first-order valence-electron chi connectivity index (χ1n) is 6.45. The molecule has 1 heterocycles. The number of nitrogens with one attached hydrogen (secondary N) is 2. The predicted molar refractivity (Wildman–Crippen MR) is 76.2 cm³/mol. The molecule has 0 bridgehead atoms. The molecule has 2 rings (SSSR count). The van der Waals surface area contributed by atoms with Crippen molar-refractivity contribution in [3.63, 3.8) is 0 Å². The van der Waals surface area contributed by atoms with Crippen LogP contribution in [-0.4, -0.2) is 39.7 Å². The van der Waals surface area contributed by atoms with Gasteiger partial charge >= 0.3 is 0 Å². The van der Waals surface area contributed by atoms with E-state index in [0.29, 0.717) is 5.56 Å². The number of hydrogen-bond acceptors (Lipinski definition) is 5. The van der Waals surface area contributed by atoms with Crippen molar-refractivity contribution < 1.29 is 27.1 Å². The highest BCUT2D eigenvalue weighted by Gasteiger charge is 2.32. The molecule has 0 saturated carbocycles. The summed E-state index contributed by atoms with van der Waals surface area (Å²) >= 11 is 0. The molecular weight excluding hydrogens is 315 g/mol. The Morgan fingerprint density at radius 3 is 2.91 bits per heavy atom. The van der Waals surface area contributed by atoms with E-state index in [2.05, 4.69) is 10.1 Å². The Labute approximate surface area is 126 Å². The van der Waals surface area contributed by atoms with Gasteiger partial charge in [-0.05, 0) is 17.7 Å². The van der Waals surface area contributed by atoms with E-state index >= 15 is 0 Å². The van der Waals surface area contributed by atoms with Gasteiger partial charge in [0.15, 0.2) is 0 Å². The Morgan fingerprint density at radius 2 is 2.23 bits per heavy atom. The number of sulfonamides is 1. The zero-order valence-corrected chi connectivity index (χ0v) is 12.6. The summed E-state index contributed by atoms with van der Waals surface area (Å²) in [7, 11) is -2.51. The molecule has 120 valence electrons. The number of ether oxygens (including phenoxy) is 1. The van der Waals surface area contributed by atoms with Crippen LogP contribution in [-0.2, 0) is 24.3 Å². The number of hydrogen-bond donors (Lipinski definition) is 2. The van der Waals surface area contributed by atoms with Crippen molar-refractivity contribution in [1.82, 2.24) is 4.72 Å². The van der Waals surface area contributed by atoms with E-state index in [1.165, 1.54) is 13.2 Å². The van der Waals surface area contributed by atoms with E-state index in [-0.39, 0.29) is 24.5 Å². The van der Waals surface area contributed by atoms with Crippen LogP contribution in [0.15, 0.2) is 18.2 Å². The zero-order chi connectivity index (χ0) is 16.3. The Morgan fingerprint density at radius 1 is 1.50 bits per heavy atom. The molecule has 1 atom stereocenters. The van der Waals surface area contributed by atoms with Crippen molar-refractivity contribution in [3.05, 3.63) is 29.6 Å². The summed E-state index contributed by atoms with van der Waals surface area (Å²) in [5.74, 6) is -3.22. The van der Waals surface area contributed by atoms with Gasteiger partial charge in [0.2, 0.25) is 21.8 Å². The molecule has 0 saturated heterocycles. The standard InChI is InChI=1S/C13H15FN2O5S/c1-21-4-5-22(19,20)16-13(18)10-7-12(17)15-11-6-8(14)2-3-9(10)11/h2-3,6,10H,4-5,7H2,1H3,(H,15,17)(H,16,18)/t10-/m0/s1. The summed E-state index contributed by atoms with van der Waals surface area (Å²) in [5, 5.41) is 2.45. The van der Waals surface area contributed by atoms with Gasteiger partial charge in [0, 0.05) is 19.2 Å². The van der Waals surface area contributed by atoms with Gasteiger partial charge in [0.1, 0.15) is 5.82 Å². The summed E-state index contributed by atoms with van der Waals surface area (Å²) in [6, 6.07) is 3.60. The molecule has 1 aliphatic rings. The monoisotopic (exact) mass is 330 g/mol. The number of anilines is 1. The van der Waals surface area contributed by atoms with Crippen molar-refractivity contribution in [3.8, 4) is 0 Å². The molecule has 2 amide bonds. The summed E-state index contributed by atoms with van der Waals surface area (Å²) < 4.78 is 43.2. The first kappa shape index (κ1) is 16.4. The second-order valence-electron chi connectivity index (χ2n) is 4.81. The lowest BCUT2D eigenvalue weighted by molar-refractivity contribution is -0.125. The van der Waals surface area contributed by atoms with Crippen LogP contribution in [0.4, 0.5) is 10.1 Å². The third-order valence-electron chi connectivity index (χ3n) is 3.18. The van der Waals surface area contributed by atoms with Crippen LogP contribution < -0.4 is 10.0 Å². The van der Waals surface area contributed by atoms with Crippen LogP contribution >= 0.6 is 0 Å². The normalized spacial score (nSPS) is 17.5. The fraction of sp³-hybridized carbons (Fsp3) is 0.385. The smallest absolute Gasteiger partial charge is 0.241 e. The van der Waals surface area contributed by atoms with Gasteiger partial charge < -0.3 is 10.1 Å². The number of halogens is 1. The van der Waals surface area contributed by atoms with Crippen LogP contribution in [0.5, 0.6) is 0 Å². The highest BCUT2D eigenvalue weighted by Crippen LogP contribution is 2.32. The zero-order valence-electron chi connectivity index (χ0n) is 11.8. The molecule has 0 unspecified atom stereocenters. The average Bonchev–Trinajstić information content (AvgIpc) is 2.43. The van der Waals surface area contributed by atoms with Crippen LogP contribution in [0.25, 0.3) is 0 Å². The van der Waals surface area contributed by atoms with Crippen LogP contribution in [0.2, 0.25) is 0 Å². The Balaban J connectivity index is 2.22. The van der Waals surface area contributed by atoms with Gasteiger partial charge in [0.05, 0.1) is 18.3 Å². The number of rotatable bonds is 5. The lowest BCUT2D eigenvalue weighted by atomic mass is 9.90. The number of carbonyl (C=O) groups excluding carboxylic acids is 2. The molecule has 2 N–H and O–H groups in total. The van der Waals surface area contributed by atoms with Gasteiger partial charge in [-0.15, -0.1) is 0 Å². The molecule has 1 aromatic carbocycles. The number of benzene rings is 1. The lowest BCUT2D eigenvalue weighted by Gasteiger charge is -2.24. The maximum absolute atomic E-state index is 13.2. The van der Waals surface area contributed by atoms with E-state index < -0.39 is 33.6 Å². The molecule has 0 aliphatic carbocycles. The highest BCUT2D eigenvalue weighted by molar-refractivity contribution is 7.90. The molecule has 0 aromatic heterocycles. The van der Waals surface area contributed by atoms with Crippen molar-refractivity contribution in [2.75, 3.05) is 24.8 Å². The van der Waals surface area contributed by atoms with Gasteiger partial charge in [0.25, 0.3) is 0 Å². The van der Waals surface area contributed by atoms with Gasteiger partial charge in [-0.3, -0.25) is 14.3 Å². The van der Waals surface area contributed by atoms with E-state index in [0.717, 1.165) is 12.1 Å². The second-order valence-corrected chi connectivity index (χ2v) is 6.66. The second kappa shape index (κ2) is 6.41. The fourth-order valence-corrected chi connectivity index (χ4v) is 3.08. The molecule has 0 spiro atoms. The number of carbonyl (C=O) groups is 2. The van der Waals surface area contributed by atoms with Crippen molar-refractivity contribution >= 4 is 27.5 Å². The predicted octanol–water partition coefficient (Wildman–Crippen LogP) is 0.344. The van der Waals surface area contributed by atoms with Crippen LogP contribution in [0, 0.1) is 5.82 Å². The van der Waals surface area contributed by atoms with Crippen molar-refractivity contribution in [2.24, 2.45) is 0 Å². The quantitative estimate of drug-likeness (QED) is 0.811. The molecule has 0 radical (unpaired) electrons. The topological polar surface area (TPSA) is 102 Å². The third-order valence-corrected chi connectivity index (χ3v) is 4.40. The van der Waals surface area contributed by atoms with E-state index in [1.54, 1.807) is 0 Å². The molecule has 1 aromatic rings. The minimum absolute atomic E-state index is 0.0600. The Kier molecular flexibility index (Phi) is 4.77. The Bertz CT molecular complexity index is 704. The van der Waals surface area contributed by atoms with Gasteiger partial charge in [-0.1, -0.05) is 6.07 Å². The Hall–Kier alpha value is -2.00. The first-order chi connectivity index (χ1) is 10.3. The number of amides is 2. The van der Waals surface area contributed by atoms with Crippen molar-refractivity contribution in [2.45, 2.75) is 12.3 Å². The molecule has 22 heavy (non-hydrogen) atoms. The number of methoxy groups -OCH3 is 1. The maximum Gasteiger partial charge on any atom is 0.241 e. The van der Waals surface area contributed by atoms with Crippen LogP contribution in [0.3, 0.4) is 0 Å². The van der Waals surface area contributed by atoms with E-state index in [1.807, 2.05) is 4.72 Å². The van der Waals surface area contributed by atoms with Crippen LogP contribution in [0.1, 0.15) is 17.9 Å². The fourth-order valence-electron chi connectivity index (χ4n) is 2.14. The molecule has 1 aliphatic heterocycles. The molecule has 0 fully saturated rings. The maximum atomic E-state index is 13.2. The largest absolute Gasteiger partial charge is 0.384 e. The molecule has 7 nitrogen and oxygen atoms in total.